The third-order valence-electron chi connectivity index (χ3n) is 3.50. The van der Waals surface area contributed by atoms with Crippen molar-refractivity contribution in [2.75, 3.05) is 0 Å². The van der Waals surface area contributed by atoms with Crippen LogP contribution in [0.25, 0.3) is 0 Å². The molecule has 1 aliphatic carbocycles. The predicted molar refractivity (Wildman–Crippen MR) is 121 cm³/mol. The Morgan fingerprint density at radius 1 is 0.560 bits per heavy atom. The SMILES string of the molecule is Brc1cc(Br)c(OC2=C(Oc3c(Br)cc(Br)cc3Br)CCC2)c(Br)c1. The van der Waals surface area contributed by atoms with E-state index >= 15 is 0 Å². The second-order valence-corrected chi connectivity index (χ2v) is 10.5. The van der Waals surface area contributed by atoms with E-state index in [1.165, 1.54) is 0 Å². The quantitative estimate of drug-likeness (QED) is 0.313. The normalized spacial score (nSPS) is 14.2. The zero-order valence-corrected chi connectivity index (χ0v) is 22.0. The summed E-state index contributed by atoms with van der Waals surface area (Å²) >= 11 is 21.2. The van der Waals surface area contributed by atoms with E-state index in [-0.39, 0.29) is 0 Å². The van der Waals surface area contributed by atoms with Crippen LogP contribution in [0.1, 0.15) is 19.3 Å². The lowest BCUT2D eigenvalue weighted by molar-refractivity contribution is 0.345. The minimum absolute atomic E-state index is 0.745. The Morgan fingerprint density at radius 2 is 0.880 bits per heavy atom. The molecule has 2 nitrogen and oxygen atoms in total. The topological polar surface area (TPSA) is 18.5 Å². The molecule has 0 aliphatic heterocycles. The average Bonchev–Trinajstić information content (AvgIpc) is 2.93. The number of hydrogen-bond acceptors (Lipinski definition) is 2. The molecule has 0 saturated heterocycles. The summed E-state index contributed by atoms with van der Waals surface area (Å²) in [6.45, 7) is 0. The first-order valence-electron chi connectivity index (χ1n) is 7.22. The fraction of sp³-hybridized carbons (Fsp3) is 0.176. The van der Waals surface area contributed by atoms with Crippen molar-refractivity contribution in [2.24, 2.45) is 0 Å². The maximum Gasteiger partial charge on any atom is 0.155 e. The lowest BCUT2D eigenvalue weighted by Crippen LogP contribution is -2.02. The Labute approximate surface area is 196 Å². The molecule has 0 radical (unpaired) electrons. The van der Waals surface area contributed by atoms with Crippen LogP contribution in [-0.2, 0) is 0 Å². The summed E-state index contributed by atoms with van der Waals surface area (Å²) in [5, 5.41) is 0. The first-order valence-corrected chi connectivity index (χ1v) is 12.0. The van der Waals surface area contributed by atoms with Gasteiger partial charge in [0.05, 0.1) is 17.9 Å². The van der Waals surface area contributed by atoms with Gasteiger partial charge in [0, 0.05) is 21.8 Å². The van der Waals surface area contributed by atoms with Crippen LogP contribution >= 0.6 is 95.6 Å². The van der Waals surface area contributed by atoms with Gasteiger partial charge in [-0.2, -0.15) is 0 Å². The smallest absolute Gasteiger partial charge is 0.155 e. The zero-order valence-electron chi connectivity index (χ0n) is 12.5. The molecule has 1 aliphatic rings. The number of rotatable bonds is 4. The summed E-state index contributed by atoms with van der Waals surface area (Å²) in [5.74, 6) is 3.20. The monoisotopic (exact) mass is 720 g/mol. The van der Waals surface area contributed by atoms with Gasteiger partial charge in [-0.25, -0.2) is 0 Å². The number of halogens is 6. The summed E-state index contributed by atoms with van der Waals surface area (Å²) in [7, 11) is 0. The van der Waals surface area contributed by atoms with E-state index in [0.717, 1.165) is 69.1 Å². The largest absolute Gasteiger partial charge is 0.456 e. The van der Waals surface area contributed by atoms with Gasteiger partial charge in [0.25, 0.3) is 0 Å². The van der Waals surface area contributed by atoms with Crippen LogP contribution in [0.15, 0.2) is 62.6 Å². The fourth-order valence-corrected chi connectivity index (χ4v) is 7.24. The Kier molecular flexibility index (Phi) is 7.16. The standard InChI is InChI=1S/C17H10Br6O2/c18-8-4-10(20)16(11(21)5-8)24-14-2-1-3-15(14)25-17-12(22)6-9(19)7-13(17)23/h4-7H,1-3H2. The Hall–Kier alpha value is 0.660. The molecule has 8 heteroatoms. The Morgan fingerprint density at radius 3 is 1.20 bits per heavy atom. The van der Waals surface area contributed by atoms with Crippen LogP contribution in [0.3, 0.4) is 0 Å². The van der Waals surface area contributed by atoms with Gasteiger partial charge in [-0.15, -0.1) is 0 Å². The molecular weight excluding hydrogens is 716 g/mol. The van der Waals surface area contributed by atoms with Crippen LogP contribution in [0, 0.1) is 0 Å². The van der Waals surface area contributed by atoms with E-state index < -0.39 is 0 Å². The van der Waals surface area contributed by atoms with E-state index in [1.54, 1.807) is 0 Å². The third-order valence-corrected chi connectivity index (χ3v) is 6.77. The van der Waals surface area contributed by atoms with E-state index in [4.69, 9.17) is 9.47 Å². The van der Waals surface area contributed by atoms with Gasteiger partial charge >= 0.3 is 0 Å². The third kappa shape index (κ3) is 4.93. The van der Waals surface area contributed by atoms with Gasteiger partial charge in [0.1, 0.15) is 11.5 Å². The Bertz CT molecular complexity index is 747. The number of benzene rings is 2. The minimum atomic E-state index is 0.745. The van der Waals surface area contributed by atoms with Crippen molar-refractivity contribution in [1.82, 2.24) is 0 Å². The molecule has 0 atom stereocenters. The zero-order chi connectivity index (χ0) is 18.1. The summed E-state index contributed by atoms with van der Waals surface area (Å²) in [5.41, 5.74) is 0. The molecule has 0 amide bonds. The molecule has 0 aromatic heterocycles. The number of allylic oxidation sites excluding steroid dienone is 2. The van der Waals surface area contributed by atoms with Gasteiger partial charge in [0.2, 0.25) is 0 Å². The predicted octanol–water partition coefficient (Wildman–Crippen LogP) is 9.11. The van der Waals surface area contributed by atoms with E-state index in [9.17, 15) is 0 Å². The summed E-state index contributed by atoms with van der Waals surface area (Å²) in [6.07, 6.45) is 2.69. The second kappa shape index (κ2) is 8.78. The molecule has 0 unspecified atom stereocenters. The molecule has 0 fully saturated rings. The van der Waals surface area contributed by atoms with Crippen molar-refractivity contribution in [2.45, 2.75) is 19.3 Å². The number of hydrogen-bond donors (Lipinski definition) is 0. The van der Waals surface area contributed by atoms with Crippen LogP contribution in [0.4, 0.5) is 0 Å². The lowest BCUT2D eigenvalue weighted by Gasteiger charge is -2.15. The van der Waals surface area contributed by atoms with E-state index in [1.807, 2.05) is 24.3 Å². The molecule has 0 bridgehead atoms. The second-order valence-electron chi connectivity index (χ2n) is 5.30. The van der Waals surface area contributed by atoms with Crippen molar-refractivity contribution in [3.05, 3.63) is 62.6 Å². The fourth-order valence-electron chi connectivity index (χ4n) is 2.40. The molecule has 3 rings (SSSR count). The molecular formula is C17H10Br6O2. The molecule has 25 heavy (non-hydrogen) atoms. The molecule has 2 aromatic rings. The summed E-state index contributed by atoms with van der Waals surface area (Å²) in [6, 6.07) is 7.83. The maximum atomic E-state index is 6.18. The van der Waals surface area contributed by atoms with Crippen LogP contribution in [0.5, 0.6) is 11.5 Å². The first-order chi connectivity index (χ1) is 11.8. The first kappa shape index (κ1) is 20.4. The highest BCUT2D eigenvalue weighted by molar-refractivity contribution is 9.12. The minimum Gasteiger partial charge on any atom is -0.456 e. The molecule has 0 saturated carbocycles. The molecule has 132 valence electrons. The van der Waals surface area contributed by atoms with Crippen molar-refractivity contribution in [3.63, 3.8) is 0 Å². The van der Waals surface area contributed by atoms with Gasteiger partial charge in [-0.05, 0) is 94.4 Å². The van der Waals surface area contributed by atoms with Gasteiger partial charge in [0.15, 0.2) is 11.5 Å². The van der Waals surface area contributed by atoms with Crippen molar-refractivity contribution >= 4 is 95.6 Å². The van der Waals surface area contributed by atoms with Gasteiger partial charge in [-0.3, -0.25) is 0 Å². The lowest BCUT2D eigenvalue weighted by atomic mass is 10.3. The summed E-state index contributed by atoms with van der Waals surface area (Å²) < 4.78 is 17.8. The van der Waals surface area contributed by atoms with Gasteiger partial charge in [-0.1, -0.05) is 31.9 Å². The highest BCUT2D eigenvalue weighted by atomic mass is 79.9. The van der Waals surface area contributed by atoms with Crippen molar-refractivity contribution in [1.29, 1.82) is 0 Å². The highest BCUT2D eigenvalue weighted by Crippen LogP contribution is 2.42. The molecule has 0 N–H and O–H groups in total. The van der Waals surface area contributed by atoms with Crippen molar-refractivity contribution < 1.29 is 9.47 Å². The van der Waals surface area contributed by atoms with Crippen LogP contribution in [0.2, 0.25) is 0 Å². The van der Waals surface area contributed by atoms with Gasteiger partial charge < -0.3 is 9.47 Å². The average molecular weight is 726 g/mol. The Balaban J connectivity index is 1.91. The van der Waals surface area contributed by atoms with Crippen LogP contribution < -0.4 is 9.47 Å². The molecule has 0 heterocycles. The summed E-state index contributed by atoms with van der Waals surface area (Å²) in [4.78, 5) is 0. The maximum absolute atomic E-state index is 6.18. The highest BCUT2D eigenvalue weighted by Gasteiger charge is 2.23. The van der Waals surface area contributed by atoms with E-state index in [2.05, 4.69) is 95.6 Å². The molecule has 2 aromatic carbocycles. The molecule has 0 spiro atoms. The van der Waals surface area contributed by atoms with Crippen LogP contribution in [-0.4, -0.2) is 0 Å². The van der Waals surface area contributed by atoms with Crippen molar-refractivity contribution in [3.8, 4) is 11.5 Å². The number of ether oxygens (including phenoxy) is 2. The van der Waals surface area contributed by atoms with E-state index in [0.29, 0.717) is 0 Å².